The number of para-hydroxylation sites is 1. The van der Waals surface area contributed by atoms with Gasteiger partial charge in [-0.3, -0.25) is 0 Å². The van der Waals surface area contributed by atoms with Gasteiger partial charge in [0.15, 0.2) is 0 Å². The maximum Gasteiger partial charge on any atom is 0.140 e. The van der Waals surface area contributed by atoms with E-state index in [2.05, 4.69) is 243 Å². The van der Waals surface area contributed by atoms with Gasteiger partial charge in [0, 0.05) is 44.0 Å². The molecule has 0 radical (unpaired) electrons. The summed E-state index contributed by atoms with van der Waals surface area (Å²) < 4.78 is 7.28. The normalized spacial score (nSPS) is 14.3. The van der Waals surface area contributed by atoms with Crippen LogP contribution in [0.3, 0.4) is 0 Å². The molecule has 2 nitrogen and oxygen atoms in total. The lowest BCUT2D eigenvalue weighted by Crippen LogP contribution is -2.32. The zero-order chi connectivity index (χ0) is 43.7. The Morgan fingerprint density at radius 1 is 0.333 bits per heavy atom. The number of benzene rings is 11. The van der Waals surface area contributed by atoms with Crippen LogP contribution in [0.15, 0.2) is 224 Å². The highest BCUT2D eigenvalue weighted by Gasteiger charge is 2.52. The van der Waals surface area contributed by atoms with E-state index in [0.29, 0.717) is 0 Å². The summed E-state index contributed by atoms with van der Waals surface area (Å²) in [6.45, 7) is 4.74. The second-order valence-electron chi connectivity index (χ2n) is 18.7. The van der Waals surface area contributed by atoms with Crippen molar-refractivity contribution in [1.29, 1.82) is 0 Å². The lowest BCUT2D eigenvalue weighted by atomic mass is 9.65. The van der Waals surface area contributed by atoms with Gasteiger partial charge in [0.2, 0.25) is 0 Å². The van der Waals surface area contributed by atoms with E-state index in [1.54, 1.807) is 0 Å². The number of rotatable bonds is 4. The van der Waals surface area contributed by atoms with Crippen molar-refractivity contribution < 1.29 is 4.74 Å². The van der Waals surface area contributed by atoms with Crippen molar-refractivity contribution in [2.75, 3.05) is 4.90 Å². The smallest absolute Gasteiger partial charge is 0.140 e. The third-order valence-electron chi connectivity index (χ3n) is 15.1. The van der Waals surface area contributed by atoms with Crippen LogP contribution in [0.1, 0.15) is 47.2 Å². The van der Waals surface area contributed by atoms with Crippen molar-refractivity contribution in [2.24, 2.45) is 0 Å². The molecule has 0 amide bonds. The largest absolute Gasteiger partial charge is 0.455 e. The van der Waals surface area contributed by atoms with Gasteiger partial charge in [-0.2, -0.15) is 0 Å². The molecule has 310 valence electrons. The molecule has 0 saturated heterocycles. The highest BCUT2D eigenvalue weighted by molar-refractivity contribution is 6.03. The van der Waals surface area contributed by atoms with Crippen LogP contribution in [0.5, 0.6) is 11.5 Å². The standard InChI is InChI=1S/C64H43NO/c1-63(2)53-26-12-9-24-49(53)51-35-33-44(39-57(51)63)65(60-29-15-19-40-16-3-6-20-45(40)60)59-28-14-11-21-46(59)43-30-34-52-50-25-10-13-27-54(50)64(58(52)38-43)55-36-31-41-17-4-7-22-47(41)61(55)66-62-48-23-8-5-18-42(48)32-37-56(62)64/h3-39H,1-2H3. The summed E-state index contributed by atoms with van der Waals surface area (Å²) in [4.78, 5) is 2.51. The Labute approximate surface area is 384 Å². The number of nitrogens with zero attached hydrogens (tertiary/aromatic N) is 1. The van der Waals surface area contributed by atoms with Crippen LogP contribution in [0.25, 0.3) is 65.7 Å². The van der Waals surface area contributed by atoms with Gasteiger partial charge >= 0.3 is 0 Å². The first kappa shape index (κ1) is 37.2. The summed E-state index contributed by atoms with van der Waals surface area (Å²) in [5, 5.41) is 6.98. The number of hydrogen-bond donors (Lipinski definition) is 0. The molecule has 0 N–H and O–H groups in total. The lowest BCUT2D eigenvalue weighted by molar-refractivity contribution is 0.447. The highest BCUT2D eigenvalue weighted by Crippen LogP contribution is 2.64. The van der Waals surface area contributed by atoms with Gasteiger partial charge in [-0.05, 0) is 96.6 Å². The molecular weight excluding hydrogens is 799 g/mol. The van der Waals surface area contributed by atoms with Crippen LogP contribution in [0, 0.1) is 0 Å². The van der Waals surface area contributed by atoms with Gasteiger partial charge in [0.25, 0.3) is 0 Å². The van der Waals surface area contributed by atoms with Crippen LogP contribution >= 0.6 is 0 Å². The molecule has 1 heterocycles. The molecule has 0 atom stereocenters. The molecule has 0 bridgehead atoms. The van der Waals surface area contributed by atoms with Gasteiger partial charge in [-0.15, -0.1) is 0 Å². The SMILES string of the molecule is CC1(C)c2ccccc2-c2ccc(N(c3ccccc3-c3ccc4c(c3)C3(c5ccccc5-4)c4ccc5ccccc5c4Oc4c3ccc3ccccc43)c3cccc4ccccc34)cc21. The predicted molar refractivity (Wildman–Crippen MR) is 274 cm³/mol. The molecule has 14 rings (SSSR count). The topological polar surface area (TPSA) is 12.5 Å². The molecule has 1 spiro atoms. The number of anilines is 3. The summed E-state index contributed by atoms with van der Waals surface area (Å²) in [5.74, 6) is 1.85. The summed E-state index contributed by atoms with van der Waals surface area (Å²) in [5.41, 5.74) is 17.7. The maximum absolute atomic E-state index is 7.28. The molecule has 11 aromatic carbocycles. The lowest BCUT2D eigenvalue weighted by Gasteiger charge is -2.40. The Hall–Kier alpha value is -8.20. The first-order valence-corrected chi connectivity index (χ1v) is 23.1. The zero-order valence-electron chi connectivity index (χ0n) is 36.7. The van der Waals surface area contributed by atoms with Crippen molar-refractivity contribution in [3.63, 3.8) is 0 Å². The average Bonchev–Trinajstić information content (AvgIpc) is 3.78. The Morgan fingerprint density at radius 2 is 0.833 bits per heavy atom. The quantitative estimate of drug-likeness (QED) is 0.175. The fourth-order valence-corrected chi connectivity index (χ4v) is 12.1. The molecular formula is C64H43NO. The monoisotopic (exact) mass is 841 g/mol. The van der Waals surface area contributed by atoms with E-state index in [4.69, 9.17) is 4.74 Å². The fraction of sp³-hybridized carbons (Fsp3) is 0.0625. The van der Waals surface area contributed by atoms with Crippen LogP contribution in [-0.4, -0.2) is 0 Å². The third-order valence-corrected chi connectivity index (χ3v) is 15.1. The molecule has 0 fully saturated rings. The average molecular weight is 842 g/mol. The van der Waals surface area contributed by atoms with Crippen LogP contribution in [0.4, 0.5) is 17.1 Å². The van der Waals surface area contributed by atoms with Crippen LogP contribution < -0.4 is 9.64 Å². The van der Waals surface area contributed by atoms with Crippen molar-refractivity contribution >= 4 is 49.4 Å². The van der Waals surface area contributed by atoms with E-state index in [1.807, 2.05) is 0 Å². The van der Waals surface area contributed by atoms with E-state index in [1.165, 1.54) is 66.4 Å². The fourth-order valence-electron chi connectivity index (χ4n) is 12.1. The molecule has 66 heavy (non-hydrogen) atoms. The Morgan fingerprint density at radius 3 is 1.55 bits per heavy atom. The first-order valence-electron chi connectivity index (χ1n) is 23.1. The number of fused-ring (bicyclic) bond motifs is 17. The Bertz CT molecular complexity index is 3760. The predicted octanol–water partition coefficient (Wildman–Crippen LogP) is 17.1. The minimum atomic E-state index is -0.649. The van der Waals surface area contributed by atoms with E-state index in [9.17, 15) is 0 Å². The zero-order valence-corrected chi connectivity index (χ0v) is 36.7. The van der Waals surface area contributed by atoms with Gasteiger partial charge in [0.1, 0.15) is 11.5 Å². The van der Waals surface area contributed by atoms with Crippen molar-refractivity contribution in [1.82, 2.24) is 0 Å². The van der Waals surface area contributed by atoms with Gasteiger partial charge in [-0.1, -0.05) is 208 Å². The number of hydrogen-bond acceptors (Lipinski definition) is 2. The van der Waals surface area contributed by atoms with E-state index < -0.39 is 5.41 Å². The van der Waals surface area contributed by atoms with E-state index >= 15 is 0 Å². The third kappa shape index (κ3) is 4.96. The van der Waals surface area contributed by atoms with E-state index in [-0.39, 0.29) is 5.41 Å². The molecule has 0 unspecified atom stereocenters. The summed E-state index contributed by atoms with van der Waals surface area (Å²) in [6.07, 6.45) is 0. The van der Waals surface area contributed by atoms with Gasteiger partial charge < -0.3 is 9.64 Å². The minimum absolute atomic E-state index is 0.151. The van der Waals surface area contributed by atoms with Gasteiger partial charge in [0.05, 0.1) is 16.8 Å². The molecule has 2 heteroatoms. The molecule has 0 aromatic heterocycles. The first-order chi connectivity index (χ1) is 32.5. The maximum atomic E-state index is 7.28. The van der Waals surface area contributed by atoms with E-state index in [0.717, 1.165) is 61.2 Å². The van der Waals surface area contributed by atoms with Gasteiger partial charge in [-0.25, -0.2) is 0 Å². The Kier molecular flexibility index (Phi) is 7.70. The molecule has 1 aliphatic heterocycles. The minimum Gasteiger partial charge on any atom is -0.455 e. The van der Waals surface area contributed by atoms with Crippen molar-refractivity contribution in [3.8, 4) is 44.9 Å². The molecule has 2 aliphatic carbocycles. The number of ether oxygens (including phenoxy) is 1. The van der Waals surface area contributed by atoms with Crippen molar-refractivity contribution in [3.05, 3.63) is 258 Å². The van der Waals surface area contributed by atoms with Crippen molar-refractivity contribution in [2.45, 2.75) is 24.7 Å². The second kappa shape index (κ2) is 13.7. The molecule has 0 saturated carbocycles. The second-order valence-corrected chi connectivity index (χ2v) is 18.7. The highest BCUT2D eigenvalue weighted by atomic mass is 16.5. The van der Waals surface area contributed by atoms with Crippen LogP contribution in [0.2, 0.25) is 0 Å². The van der Waals surface area contributed by atoms with Crippen LogP contribution in [-0.2, 0) is 10.8 Å². The Balaban J connectivity index is 1.04. The summed E-state index contributed by atoms with van der Waals surface area (Å²) in [7, 11) is 0. The molecule has 3 aliphatic rings. The summed E-state index contributed by atoms with van der Waals surface area (Å²) in [6, 6.07) is 83.3. The molecule has 11 aromatic rings. The summed E-state index contributed by atoms with van der Waals surface area (Å²) >= 11 is 0.